The molecule has 1 unspecified atom stereocenters. The zero-order valence-electron chi connectivity index (χ0n) is 14.2. The molecule has 5 nitrogen and oxygen atoms in total. The molecule has 1 atom stereocenters. The predicted octanol–water partition coefficient (Wildman–Crippen LogP) is 3.17. The van der Waals surface area contributed by atoms with Crippen LogP contribution in [-0.2, 0) is 27.4 Å². The third-order valence-electron chi connectivity index (χ3n) is 5.30. The van der Waals surface area contributed by atoms with Crippen molar-refractivity contribution >= 4 is 26.7 Å². The summed E-state index contributed by atoms with van der Waals surface area (Å²) in [6.07, 6.45) is 6.27. The van der Waals surface area contributed by atoms with E-state index in [0.717, 1.165) is 23.7 Å². The topological polar surface area (TPSA) is 76.2 Å². The Morgan fingerprint density at radius 2 is 1.96 bits per heavy atom. The van der Waals surface area contributed by atoms with Crippen molar-refractivity contribution in [2.75, 3.05) is 11.5 Å². The Bertz CT molecular complexity index is 913. The van der Waals surface area contributed by atoms with Crippen LogP contribution in [0.25, 0.3) is 10.9 Å². The zero-order valence-corrected chi connectivity index (χ0v) is 15.0. The Hall–Kier alpha value is -1.82. The SMILES string of the molecule is O=C(OC1CCCS(=O)(=O)C1)c1cccc2c3c([nH]c12)CCCCC3. The highest BCUT2D eigenvalue weighted by atomic mass is 32.2. The van der Waals surface area contributed by atoms with Gasteiger partial charge in [-0.3, -0.25) is 0 Å². The number of benzene rings is 1. The van der Waals surface area contributed by atoms with Gasteiger partial charge < -0.3 is 9.72 Å². The molecule has 0 saturated carbocycles. The molecule has 1 saturated heterocycles. The summed E-state index contributed by atoms with van der Waals surface area (Å²) in [7, 11) is -3.09. The van der Waals surface area contributed by atoms with Crippen LogP contribution in [0.1, 0.15) is 53.7 Å². The number of H-pyrrole nitrogens is 1. The molecule has 2 aromatic rings. The van der Waals surface area contributed by atoms with Gasteiger partial charge >= 0.3 is 5.97 Å². The van der Waals surface area contributed by atoms with E-state index < -0.39 is 21.9 Å². The normalized spacial score (nSPS) is 23.0. The fraction of sp³-hybridized carbons (Fsp3) is 0.526. The fourth-order valence-electron chi connectivity index (χ4n) is 4.07. The van der Waals surface area contributed by atoms with Crippen LogP contribution in [0, 0.1) is 0 Å². The number of esters is 1. The molecule has 2 heterocycles. The minimum atomic E-state index is -3.09. The van der Waals surface area contributed by atoms with Gasteiger partial charge in [-0.25, -0.2) is 13.2 Å². The number of fused-ring (bicyclic) bond motifs is 3. The number of para-hydroxylation sites is 1. The van der Waals surface area contributed by atoms with Crippen molar-refractivity contribution in [3.63, 3.8) is 0 Å². The highest BCUT2D eigenvalue weighted by molar-refractivity contribution is 7.91. The summed E-state index contributed by atoms with van der Waals surface area (Å²) in [4.78, 5) is 16.1. The van der Waals surface area contributed by atoms with E-state index in [-0.39, 0.29) is 11.5 Å². The van der Waals surface area contributed by atoms with Gasteiger partial charge in [0.25, 0.3) is 0 Å². The van der Waals surface area contributed by atoms with Crippen LogP contribution < -0.4 is 0 Å². The molecule has 2 aliphatic rings. The summed E-state index contributed by atoms with van der Waals surface area (Å²) in [6.45, 7) is 0. The third-order valence-corrected chi connectivity index (χ3v) is 7.09. The third kappa shape index (κ3) is 3.32. The molecule has 4 rings (SSSR count). The van der Waals surface area contributed by atoms with Crippen molar-refractivity contribution in [3.05, 3.63) is 35.0 Å². The first-order valence-corrected chi connectivity index (χ1v) is 10.9. The lowest BCUT2D eigenvalue weighted by molar-refractivity contribution is 0.0326. The summed E-state index contributed by atoms with van der Waals surface area (Å²) in [5.74, 6) is -0.292. The van der Waals surface area contributed by atoms with Gasteiger partial charge in [0.05, 0.1) is 22.6 Å². The maximum absolute atomic E-state index is 12.7. The first kappa shape index (κ1) is 16.6. The highest BCUT2D eigenvalue weighted by Crippen LogP contribution is 2.31. The molecule has 6 heteroatoms. The molecule has 0 bridgehead atoms. The number of ether oxygens (including phenoxy) is 1. The largest absolute Gasteiger partial charge is 0.458 e. The van der Waals surface area contributed by atoms with E-state index in [1.807, 2.05) is 6.07 Å². The number of hydrogen-bond donors (Lipinski definition) is 1. The van der Waals surface area contributed by atoms with E-state index in [2.05, 4.69) is 11.1 Å². The standard InChI is InChI=1S/C19H23NO4S/c21-19(24-13-6-5-11-25(22,23)12-13)16-9-4-8-15-14-7-2-1-3-10-17(14)20-18(15)16/h4,8-9,13,20H,1-3,5-7,10-12H2. The van der Waals surface area contributed by atoms with Crippen LogP contribution in [0.15, 0.2) is 18.2 Å². The van der Waals surface area contributed by atoms with Crippen molar-refractivity contribution in [1.29, 1.82) is 0 Å². The van der Waals surface area contributed by atoms with E-state index in [4.69, 9.17) is 4.74 Å². The molecule has 0 radical (unpaired) electrons. The Labute approximate surface area is 147 Å². The molecular weight excluding hydrogens is 338 g/mol. The molecule has 1 aliphatic carbocycles. The van der Waals surface area contributed by atoms with Crippen molar-refractivity contribution in [3.8, 4) is 0 Å². The molecule has 134 valence electrons. The Kier molecular flexibility index (Phi) is 4.31. The van der Waals surface area contributed by atoms with Crippen molar-refractivity contribution in [2.45, 2.75) is 51.0 Å². The summed E-state index contributed by atoms with van der Waals surface area (Å²) in [5.41, 5.74) is 3.89. The van der Waals surface area contributed by atoms with E-state index in [9.17, 15) is 13.2 Å². The van der Waals surface area contributed by atoms with Gasteiger partial charge in [0, 0.05) is 11.1 Å². The number of rotatable bonds is 2. The van der Waals surface area contributed by atoms with Crippen LogP contribution >= 0.6 is 0 Å². The number of hydrogen-bond acceptors (Lipinski definition) is 4. The van der Waals surface area contributed by atoms with Gasteiger partial charge in [0.2, 0.25) is 0 Å². The molecule has 1 aromatic carbocycles. The van der Waals surface area contributed by atoms with Crippen LogP contribution in [0.5, 0.6) is 0 Å². The first-order chi connectivity index (χ1) is 12.0. The number of aryl methyl sites for hydroxylation is 2. The number of carbonyl (C=O) groups is 1. The second kappa shape index (κ2) is 6.48. The van der Waals surface area contributed by atoms with Crippen molar-refractivity contribution in [1.82, 2.24) is 4.98 Å². The number of nitrogens with one attached hydrogen (secondary N) is 1. The van der Waals surface area contributed by atoms with Gasteiger partial charge in [-0.05, 0) is 50.2 Å². The first-order valence-electron chi connectivity index (χ1n) is 9.07. The molecule has 1 N–H and O–H groups in total. The summed E-state index contributed by atoms with van der Waals surface area (Å²) in [5, 5.41) is 1.10. The molecular formula is C19H23NO4S. The van der Waals surface area contributed by atoms with Crippen LogP contribution in [0.4, 0.5) is 0 Å². The maximum Gasteiger partial charge on any atom is 0.340 e. The summed E-state index contributed by atoms with van der Waals surface area (Å²) >= 11 is 0. The maximum atomic E-state index is 12.7. The van der Waals surface area contributed by atoms with Gasteiger partial charge in [0.15, 0.2) is 9.84 Å². The number of aromatic amines is 1. The molecule has 1 aliphatic heterocycles. The second-order valence-electron chi connectivity index (χ2n) is 7.15. The van der Waals surface area contributed by atoms with Gasteiger partial charge in [-0.2, -0.15) is 0 Å². The lowest BCUT2D eigenvalue weighted by Gasteiger charge is -2.22. The summed E-state index contributed by atoms with van der Waals surface area (Å²) < 4.78 is 29.1. The number of sulfone groups is 1. The lowest BCUT2D eigenvalue weighted by Crippen LogP contribution is -2.33. The van der Waals surface area contributed by atoms with E-state index in [1.54, 1.807) is 6.07 Å². The monoisotopic (exact) mass is 361 g/mol. The van der Waals surface area contributed by atoms with Gasteiger partial charge in [-0.15, -0.1) is 0 Å². The Balaban J connectivity index is 1.64. The lowest BCUT2D eigenvalue weighted by atomic mass is 10.0. The second-order valence-corrected chi connectivity index (χ2v) is 9.38. The minimum Gasteiger partial charge on any atom is -0.458 e. The van der Waals surface area contributed by atoms with E-state index in [1.165, 1.54) is 30.5 Å². The molecule has 25 heavy (non-hydrogen) atoms. The van der Waals surface area contributed by atoms with Crippen molar-refractivity contribution < 1.29 is 17.9 Å². The molecule has 1 fully saturated rings. The molecule has 0 amide bonds. The van der Waals surface area contributed by atoms with Gasteiger partial charge in [-0.1, -0.05) is 18.6 Å². The highest BCUT2D eigenvalue weighted by Gasteiger charge is 2.28. The zero-order chi connectivity index (χ0) is 17.4. The fourth-order valence-corrected chi connectivity index (χ4v) is 5.64. The Morgan fingerprint density at radius 3 is 2.80 bits per heavy atom. The predicted molar refractivity (Wildman–Crippen MR) is 96.6 cm³/mol. The van der Waals surface area contributed by atoms with E-state index in [0.29, 0.717) is 18.4 Å². The van der Waals surface area contributed by atoms with Crippen LogP contribution in [0.3, 0.4) is 0 Å². The number of carbonyl (C=O) groups excluding carboxylic acids is 1. The van der Waals surface area contributed by atoms with E-state index >= 15 is 0 Å². The minimum absolute atomic E-state index is 0.0596. The smallest absolute Gasteiger partial charge is 0.340 e. The van der Waals surface area contributed by atoms with Gasteiger partial charge in [0.1, 0.15) is 6.10 Å². The molecule has 1 aromatic heterocycles. The quantitative estimate of drug-likeness (QED) is 0.658. The summed E-state index contributed by atoms with van der Waals surface area (Å²) in [6, 6.07) is 5.70. The average molecular weight is 361 g/mol. The average Bonchev–Trinajstić information content (AvgIpc) is 2.75. The van der Waals surface area contributed by atoms with Crippen LogP contribution in [0.2, 0.25) is 0 Å². The number of aromatic nitrogens is 1. The van der Waals surface area contributed by atoms with Crippen LogP contribution in [-0.4, -0.2) is 37.0 Å². The molecule has 0 spiro atoms. The Morgan fingerprint density at radius 1 is 1.12 bits per heavy atom. The van der Waals surface area contributed by atoms with Crippen molar-refractivity contribution in [2.24, 2.45) is 0 Å².